The van der Waals surface area contributed by atoms with Crippen LogP contribution < -0.4 is 14.8 Å². The number of methoxy groups -OCH3 is 1. The number of amides is 1. The molecule has 0 aliphatic heterocycles. The van der Waals surface area contributed by atoms with Gasteiger partial charge in [-0.2, -0.15) is 0 Å². The molecule has 1 atom stereocenters. The van der Waals surface area contributed by atoms with Crippen molar-refractivity contribution in [1.82, 2.24) is 14.8 Å². The largest absolute Gasteiger partial charge is 0.495 e. The lowest BCUT2D eigenvalue weighted by Gasteiger charge is -2.16. The van der Waals surface area contributed by atoms with E-state index in [1.54, 1.807) is 19.2 Å². The third-order valence-corrected chi connectivity index (χ3v) is 5.75. The van der Waals surface area contributed by atoms with Crippen LogP contribution in [-0.4, -0.2) is 33.5 Å². The molecule has 1 aromatic heterocycles. The minimum absolute atomic E-state index is 0.137. The molecular weight excluding hydrogens is 412 g/mol. The van der Waals surface area contributed by atoms with E-state index in [2.05, 4.69) is 34.6 Å². The van der Waals surface area contributed by atoms with Gasteiger partial charge in [-0.3, -0.25) is 4.79 Å². The Balaban J connectivity index is 1.63. The quantitative estimate of drug-likeness (QED) is 0.459. The van der Waals surface area contributed by atoms with Crippen LogP contribution in [0.2, 0.25) is 0 Å². The molecule has 0 bridgehead atoms. The molecule has 8 heteroatoms. The number of carbonyl (C=O) groups excluding carboxylic acids is 1. The molecule has 1 amide bonds. The van der Waals surface area contributed by atoms with Crippen molar-refractivity contribution in [1.29, 1.82) is 0 Å². The molecule has 0 radical (unpaired) electrons. The van der Waals surface area contributed by atoms with Crippen LogP contribution in [0.15, 0.2) is 53.7 Å². The van der Waals surface area contributed by atoms with Gasteiger partial charge >= 0.3 is 0 Å². The third kappa shape index (κ3) is 5.79. The number of aryl methyl sites for hydroxylation is 1. The van der Waals surface area contributed by atoms with E-state index in [9.17, 15) is 4.79 Å². The van der Waals surface area contributed by atoms with Gasteiger partial charge in [0.05, 0.1) is 18.6 Å². The van der Waals surface area contributed by atoms with Gasteiger partial charge in [0.1, 0.15) is 11.5 Å². The van der Waals surface area contributed by atoms with E-state index >= 15 is 0 Å². The lowest BCUT2D eigenvalue weighted by atomic mass is 10.2. The number of anilines is 1. The molecule has 0 fully saturated rings. The summed E-state index contributed by atoms with van der Waals surface area (Å²) in [6.07, 6.45) is 0.724. The third-order valence-electron chi connectivity index (χ3n) is 4.78. The first-order chi connectivity index (χ1) is 15.0. The van der Waals surface area contributed by atoms with Crippen molar-refractivity contribution in [3.8, 4) is 11.5 Å². The maximum absolute atomic E-state index is 12.4. The van der Waals surface area contributed by atoms with E-state index in [1.165, 1.54) is 17.3 Å². The summed E-state index contributed by atoms with van der Waals surface area (Å²) >= 11 is 1.34. The maximum atomic E-state index is 12.4. The van der Waals surface area contributed by atoms with Crippen LogP contribution in [0.5, 0.6) is 11.5 Å². The van der Waals surface area contributed by atoms with Crippen molar-refractivity contribution in [3.63, 3.8) is 0 Å². The van der Waals surface area contributed by atoms with Gasteiger partial charge in [-0.25, -0.2) is 0 Å². The fourth-order valence-corrected chi connectivity index (χ4v) is 3.94. The molecular formula is C23H28N4O3S. The second-order valence-electron chi connectivity index (χ2n) is 6.88. The lowest BCUT2D eigenvalue weighted by molar-refractivity contribution is -0.113. The average Bonchev–Trinajstić information content (AvgIpc) is 3.21. The van der Waals surface area contributed by atoms with E-state index in [0.29, 0.717) is 23.1 Å². The number of ether oxygens (including phenoxy) is 2. The smallest absolute Gasteiger partial charge is 0.234 e. The maximum Gasteiger partial charge on any atom is 0.234 e. The van der Waals surface area contributed by atoms with Crippen LogP contribution >= 0.6 is 11.8 Å². The number of hydrogen-bond donors (Lipinski definition) is 1. The van der Waals surface area contributed by atoms with Crippen LogP contribution in [0.1, 0.15) is 38.3 Å². The first kappa shape index (κ1) is 22.7. The number of para-hydroxylation sites is 2. The zero-order chi connectivity index (χ0) is 22.2. The van der Waals surface area contributed by atoms with Crippen molar-refractivity contribution in [2.24, 2.45) is 0 Å². The summed E-state index contributed by atoms with van der Waals surface area (Å²) < 4.78 is 13.3. The number of nitrogens with zero attached hydrogens (tertiary/aromatic N) is 3. The molecule has 0 saturated heterocycles. The van der Waals surface area contributed by atoms with Crippen LogP contribution in [0.4, 0.5) is 5.69 Å². The van der Waals surface area contributed by atoms with Gasteiger partial charge in [-0.1, -0.05) is 43.0 Å². The fraction of sp³-hybridized carbons (Fsp3) is 0.348. The highest BCUT2D eigenvalue weighted by Gasteiger charge is 2.19. The lowest BCUT2D eigenvalue weighted by Crippen LogP contribution is -2.16. The van der Waals surface area contributed by atoms with Crippen molar-refractivity contribution in [2.45, 2.75) is 45.0 Å². The average molecular weight is 441 g/mol. The Morgan fingerprint density at radius 2 is 1.87 bits per heavy atom. The predicted molar refractivity (Wildman–Crippen MR) is 123 cm³/mol. The Hall–Kier alpha value is -3.00. The van der Waals surface area contributed by atoms with Gasteiger partial charge in [0.2, 0.25) is 5.91 Å². The topological polar surface area (TPSA) is 78.3 Å². The fourth-order valence-electron chi connectivity index (χ4n) is 3.13. The number of rotatable bonds is 10. The highest BCUT2D eigenvalue weighted by Crippen LogP contribution is 2.26. The van der Waals surface area contributed by atoms with Crippen molar-refractivity contribution >= 4 is 23.4 Å². The Morgan fingerprint density at radius 3 is 2.55 bits per heavy atom. The van der Waals surface area contributed by atoms with Gasteiger partial charge in [0, 0.05) is 6.54 Å². The Bertz CT molecular complexity index is 1000. The zero-order valence-corrected chi connectivity index (χ0v) is 19.1. The Labute approximate surface area is 187 Å². The highest BCUT2D eigenvalue weighted by molar-refractivity contribution is 7.99. The number of thioether (sulfide) groups is 1. The van der Waals surface area contributed by atoms with E-state index in [0.717, 1.165) is 18.0 Å². The second-order valence-corrected chi connectivity index (χ2v) is 7.82. The highest BCUT2D eigenvalue weighted by atomic mass is 32.2. The van der Waals surface area contributed by atoms with Crippen molar-refractivity contribution in [2.75, 3.05) is 18.2 Å². The number of nitrogens with one attached hydrogen (secondary N) is 1. The summed E-state index contributed by atoms with van der Waals surface area (Å²) in [7, 11) is 1.58. The molecule has 1 N–H and O–H groups in total. The van der Waals surface area contributed by atoms with E-state index in [4.69, 9.17) is 9.47 Å². The van der Waals surface area contributed by atoms with E-state index in [-0.39, 0.29) is 17.8 Å². The Kier molecular flexibility index (Phi) is 7.94. The van der Waals surface area contributed by atoms with Gasteiger partial charge in [0.25, 0.3) is 0 Å². The molecule has 164 valence electrons. The first-order valence-electron chi connectivity index (χ1n) is 10.3. The molecule has 7 nitrogen and oxygen atoms in total. The molecule has 3 aromatic rings. The molecule has 0 aliphatic rings. The molecule has 0 aliphatic carbocycles. The summed E-state index contributed by atoms with van der Waals surface area (Å²) in [6.45, 7) is 6.78. The SMILES string of the molecule is CCc1ccc(OC(C)c2nnc(SCC(=O)Nc3ccccc3OC)n2CC)cc1. The van der Waals surface area contributed by atoms with E-state index < -0.39 is 0 Å². The zero-order valence-electron chi connectivity index (χ0n) is 18.3. The molecule has 1 unspecified atom stereocenters. The molecule has 1 heterocycles. The molecule has 31 heavy (non-hydrogen) atoms. The molecule has 0 saturated carbocycles. The molecule has 0 spiro atoms. The number of hydrogen-bond acceptors (Lipinski definition) is 6. The van der Waals surface area contributed by atoms with Gasteiger partial charge in [-0.15, -0.1) is 10.2 Å². The van der Waals surface area contributed by atoms with Crippen molar-refractivity contribution < 1.29 is 14.3 Å². The van der Waals surface area contributed by atoms with Gasteiger partial charge < -0.3 is 19.4 Å². The first-order valence-corrected chi connectivity index (χ1v) is 11.3. The second kappa shape index (κ2) is 10.9. The van der Waals surface area contributed by atoms with Crippen LogP contribution in [0, 0.1) is 0 Å². The summed E-state index contributed by atoms with van der Waals surface area (Å²) in [5.74, 6) is 2.22. The summed E-state index contributed by atoms with van der Waals surface area (Å²) in [5, 5.41) is 12.2. The number of carbonyl (C=O) groups is 1. The van der Waals surface area contributed by atoms with Gasteiger partial charge in [0.15, 0.2) is 17.1 Å². The minimum atomic E-state index is -0.267. The molecule has 2 aromatic carbocycles. The van der Waals surface area contributed by atoms with Gasteiger partial charge in [-0.05, 0) is 50.1 Å². The number of benzene rings is 2. The summed E-state index contributed by atoms with van der Waals surface area (Å²) in [5.41, 5.74) is 1.91. The normalized spacial score (nSPS) is 11.7. The minimum Gasteiger partial charge on any atom is -0.495 e. The summed E-state index contributed by atoms with van der Waals surface area (Å²) in [6, 6.07) is 15.4. The number of aromatic nitrogens is 3. The Morgan fingerprint density at radius 1 is 1.13 bits per heavy atom. The summed E-state index contributed by atoms with van der Waals surface area (Å²) in [4.78, 5) is 12.4. The van der Waals surface area contributed by atoms with Crippen LogP contribution in [-0.2, 0) is 17.8 Å². The van der Waals surface area contributed by atoms with Crippen molar-refractivity contribution in [3.05, 3.63) is 59.9 Å². The molecule has 3 rings (SSSR count). The van der Waals surface area contributed by atoms with E-state index in [1.807, 2.05) is 42.7 Å². The van der Waals surface area contributed by atoms with Crippen LogP contribution in [0.25, 0.3) is 0 Å². The standard InChI is InChI=1S/C23H28N4O3S/c1-5-17-11-13-18(14-12-17)30-16(3)22-25-26-23(27(22)6-2)31-15-21(28)24-19-9-7-8-10-20(19)29-4/h7-14,16H,5-6,15H2,1-4H3,(H,24,28). The monoisotopic (exact) mass is 440 g/mol. The van der Waals surface area contributed by atoms with Crippen LogP contribution in [0.3, 0.4) is 0 Å². The predicted octanol–water partition coefficient (Wildman–Crippen LogP) is 4.74.